The molecule has 1 atom stereocenters. The average molecular weight is 495 g/mol. The number of phenols is 1. The van der Waals surface area contributed by atoms with Crippen molar-refractivity contribution >= 4 is 17.5 Å². The molecule has 0 fully saturated rings. The second-order valence-corrected chi connectivity index (χ2v) is 8.66. The van der Waals surface area contributed by atoms with Crippen LogP contribution in [0.15, 0.2) is 47.0 Å². The lowest BCUT2D eigenvalue weighted by atomic mass is 10.0. The standard InChI is InChI=1S/C26H34N6O4/c1-17-12-20(33)14-22(18(17)2)32(25(35)16-29-24(34)15-28)21(10-6-7-11-27)26-30-23(31-36-26)13-19-8-4-3-5-9-19/h3-5,8-9,12,14,21,33H,6-7,10-11,13,15-16,27-28H2,1-2H3,(H,29,34)/t21-/m0/s1. The van der Waals surface area contributed by atoms with Crippen LogP contribution in [0.1, 0.15) is 53.7 Å². The number of nitrogens with two attached hydrogens (primary N) is 2. The zero-order chi connectivity index (χ0) is 26.1. The van der Waals surface area contributed by atoms with Crippen LogP contribution >= 0.6 is 0 Å². The van der Waals surface area contributed by atoms with Gasteiger partial charge < -0.3 is 26.4 Å². The monoisotopic (exact) mass is 494 g/mol. The molecule has 0 bridgehead atoms. The molecule has 2 aromatic carbocycles. The van der Waals surface area contributed by atoms with E-state index in [9.17, 15) is 14.7 Å². The smallest absolute Gasteiger partial charge is 0.249 e. The van der Waals surface area contributed by atoms with Crippen molar-refractivity contribution < 1.29 is 19.2 Å². The van der Waals surface area contributed by atoms with Gasteiger partial charge in [-0.25, -0.2) is 0 Å². The van der Waals surface area contributed by atoms with Gasteiger partial charge in [0.2, 0.25) is 17.7 Å². The molecular formula is C26H34N6O4. The first kappa shape index (κ1) is 26.8. The molecular weight excluding hydrogens is 460 g/mol. The molecule has 3 aromatic rings. The Morgan fingerprint density at radius 1 is 1.14 bits per heavy atom. The lowest BCUT2D eigenvalue weighted by Crippen LogP contribution is -2.44. The summed E-state index contributed by atoms with van der Waals surface area (Å²) in [4.78, 5) is 31.5. The summed E-state index contributed by atoms with van der Waals surface area (Å²) in [5.74, 6) is -0.0578. The highest BCUT2D eigenvalue weighted by atomic mass is 16.5. The number of benzene rings is 2. The zero-order valence-corrected chi connectivity index (χ0v) is 20.7. The molecule has 1 heterocycles. The molecule has 10 nitrogen and oxygen atoms in total. The van der Waals surface area contributed by atoms with Gasteiger partial charge in [0.15, 0.2) is 5.82 Å². The summed E-state index contributed by atoms with van der Waals surface area (Å²) in [6, 6.07) is 12.3. The van der Waals surface area contributed by atoms with E-state index < -0.39 is 17.9 Å². The van der Waals surface area contributed by atoms with Crippen LogP contribution < -0.4 is 21.7 Å². The van der Waals surface area contributed by atoms with E-state index in [1.807, 2.05) is 44.2 Å². The molecule has 2 amide bonds. The van der Waals surface area contributed by atoms with Gasteiger partial charge in [0.05, 0.1) is 18.8 Å². The van der Waals surface area contributed by atoms with Crippen molar-refractivity contribution in [1.82, 2.24) is 15.5 Å². The van der Waals surface area contributed by atoms with E-state index in [-0.39, 0.29) is 24.7 Å². The van der Waals surface area contributed by atoms with E-state index in [0.717, 1.165) is 23.1 Å². The minimum absolute atomic E-state index is 0.0212. The van der Waals surface area contributed by atoms with Gasteiger partial charge in [-0.2, -0.15) is 4.98 Å². The number of nitrogens with zero attached hydrogens (tertiary/aromatic N) is 3. The van der Waals surface area contributed by atoms with Crippen molar-refractivity contribution in [2.45, 2.75) is 45.6 Å². The molecule has 6 N–H and O–H groups in total. The Kier molecular flexibility index (Phi) is 9.54. The number of anilines is 1. The Morgan fingerprint density at radius 2 is 1.89 bits per heavy atom. The number of amides is 2. The van der Waals surface area contributed by atoms with Crippen LogP contribution in [0, 0.1) is 13.8 Å². The predicted molar refractivity (Wildman–Crippen MR) is 136 cm³/mol. The van der Waals surface area contributed by atoms with Crippen molar-refractivity contribution in [2.75, 3.05) is 24.5 Å². The zero-order valence-electron chi connectivity index (χ0n) is 20.7. The van der Waals surface area contributed by atoms with E-state index in [2.05, 4.69) is 15.5 Å². The topological polar surface area (TPSA) is 161 Å². The highest BCUT2D eigenvalue weighted by molar-refractivity contribution is 5.98. The van der Waals surface area contributed by atoms with E-state index in [0.29, 0.717) is 37.3 Å². The van der Waals surface area contributed by atoms with Gasteiger partial charge >= 0.3 is 0 Å². The van der Waals surface area contributed by atoms with Crippen LogP contribution in [0.2, 0.25) is 0 Å². The third-order valence-corrected chi connectivity index (χ3v) is 5.99. The molecule has 0 aliphatic rings. The summed E-state index contributed by atoms with van der Waals surface area (Å²) in [5, 5.41) is 17.0. The van der Waals surface area contributed by atoms with Crippen LogP contribution in [0.4, 0.5) is 5.69 Å². The Hall–Kier alpha value is -3.76. The largest absolute Gasteiger partial charge is 0.508 e. The number of hydrogen-bond donors (Lipinski definition) is 4. The molecule has 1 aromatic heterocycles. The number of aromatic hydroxyl groups is 1. The van der Waals surface area contributed by atoms with Crippen LogP contribution in [0.25, 0.3) is 0 Å². The number of nitrogens with one attached hydrogen (secondary N) is 1. The van der Waals surface area contributed by atoms with Crippen molar-refractivity contribution in [3.05, 3.63) is 70.9 Å². The Balaban J connectivity index is 2.03. The van der Waals surface area contributed by atoms with Gasteiger partial charge in [0, 0.05) is 12.5 Å². The Labute approximate surface area is 210 Å². The number of aromatic nitrogens is 2. The normalized spacial score (nSPS) is 11.8. The molecule has 36 heavy (non-hydrogen) atoms. The minimum atomic E-state index is -0.629. The summed E-state index contributed by atoms with van der Waals surface area (Å²) >= 11 is 0. The van der Waals surface area contributed by atoms with Crippen LogP contribution in [-0.2, 0) is 16.0 Å². The molecule has 0 radical (unpaired) electrons. The Morgan fingerprint density at radius 3 is 2.58 bits per heavy atom. The van der Waals surface area contributed by atoms with Gasteiger partial charge in [0.1, 0.15) is 11.8 Å². The number of phenolic OH excluding ortho intramolecular Hbond substituents is 1. The van der Waals surface area contributed by atoms with Crippen molar-refractivity contribution in [2.24, 2.45) is 11.5 Å². The first-order valence-corrected chi connectivity index (χ1v) is 12.0. The van der Waals surface area contributed by atoms with Gasteiger partial charge in [-0.05, 0) is 62.4 Å². The maximum absolute atomic E-state index is 13.6. The number of aryl methyl sites for hydroxylation is 1. The lowest BCUT2D eigenvalue weighted by Gasteiger charge is -2.31. The van der Waals surface area contributed by atoms with Crippen LogP contribution in [-0.4, -0.2) is 46.7 Å². The summed E-state index contributed by atoms with van der Waals surface area (Å²) in [6.07, 6.45) is 2.42. The average Bonchev–Trinajstić information content (AvgIpc) is 3.33. The van der Waals surface area contributed by atoms with Gasteiger partial charge in [-0.1, -0.05) is 35.5 Å². The number of carbonyl (C=O) groups excluding carboxylic acids is 2. The van der Waals surface area contributed by atoms with Crippen molar-refractivity contribution in [3.63, 3.8) is 0 Å². The Bertz CT molecular complexity index is 1160. The molecule has 3 rings (SSSR count). The fraction of sp³-hybridized carbons (Fsp3) is 0.385. The second-order valence-electron chi connectivity index (χ2n) is 8.66. The predicted octanol–water partition coefficient (Wildman–Crippen LogP) is 2.26. The van der Waals surface area contributed by atoms with E-state index >= 15 is 0 Å². The third-order valence-electron chi connectivity index (χ3n) is 5.99. The van der Waals surface area contributed by atoms with E-state index in [1.165, 1.54) is 11.0 Å². The minimum Gasteiger partial charge on any atom is -0.508 e. The fourth-order valence-corrected chi connectivity index (χ4v) is 3.98. The quantitative estimate of drug-likeness (QED) is 0.279. The third kappa shape index (κ3) is 6.89. The molecule has 192 valence electrons. The molecule has 0 aliphatic heterocycles. The summed E-state index contributed by atoms with van der Waals surface area (Å²) in [7, 11) is 0. The number of hydrogen-bond acceptors (Lipinski definition) is 8. The number of rotatable bonds is 12. The number of carbonyl (C=O) groups is 2. The summed E-state index contributed by atoms with van der Waals surface area (Å²) < 4.78 is 5.67. The second kappa shape index (κ2) is 12.8. The fourth-order valence-electron chi connectivity index (χ4n) is 3.98. The van der Waals surface area contributed by atoms with Gasteiger partial charge in [0.25, 0.3) is 0 Å². The first-order valence-electron chi connectivity index (χ1n) is 12.0. The molecule has 0 saturated heterocycles. The highest BCUT2D eigenvalue weighted by Crippen LogP contribution is 2.36. The summed E-state index contributed by atoms with van der Waals surface area (Å²) in [6.45, 7) is 3.72. The van der Waals surface area contributed by atoms with Gasteiger partial charge in [-0.3, -0.25) is 14.5 Å². The maximum Gasteiger partial charge on any atom is 0.249 e. The SMILES string of the molecule is Cc1cc(O)cc(N(C(=O)CNC(=O)CN)[C@@H](CCCCN)c2nc(Cc3ccccc3)no2)c1C. The lowest BCUT2D eigenvalue weighted by molar-refractivity contribution is -0.124. The molecule has 0 aliphatic carbocycles. The molecule has 0 saturated carbocycles. The van der Waals surface area contributed by atoms with Crippen LogP contribution in [0.3, 0.4) is 0 Å². The highest BCUT2D eigenvalue weighted by Gasteiger charge is 2.32. The van der Waals surface area contributed by atoms with Crippen LogP contribution in [0.5, 0.6) is 5.75 Å². The summed E-state index contributed by atoms with van der Waals surface area (Å²) in [5.41, 5.74) is 14.3. The molecule has 10 heteroatoms. The number of unbranched alkanes of at least 4 members (excludes halogenated alkanes) is 1. The maximum atomic E-state index is 13.6. The first-order chi connectivity index (χ1) is 17.3. The van der Waals surface area contributed by atoms with Crippen molar-refractivity contribution in [1.29, 1.82) is 0 Å². The molecule has 0 spiro atoms. The van der Waals surface area contributed by atoms with E-state index in [4.69, 9.17) is 16.0 Å². The molecule has 0 unspecified atom stereocenters. The van der Waals surface area contributed by atoms with Gasteiger partial charge in [-0.15, -0.1) is 0 Å². The van der Waals surface area contributed by atoms with E-state index in [1.54, 1.807) is 6.07 Å². The van der Waals surface area contributed by atoms with Crippen molar-refractivity contribution in [3.8, 4) is 5.75 Å².